The molecule has 4 aliphatic rings. The van der Waals surface area contributed by atoms with Gasteiger partial charge in [-0.1, -0.05) is 11.6 Å². The van der Waals surface area contributed by atoms with Crippen molar-refractivity contribution in [3.05, 3.63) is 93.2 Å². The molecule has 0 radical (unpaired) electrons. The van der Waals surface area contributed by atoms with Gasteiger partial charge in [0.05, 0.1) is 29.1 Å². The molecule has 43 heavy (non-hydrogen) atoms. The van der Waals surface area contributed by atoms with Gasteiger partial charge in [0.2, 0.25) is 11.8 Å². The van der Waals surface area contributed by atoms with E-state index in [1.165, 1.54) is 23.1 Å². The summed E-state index contributed by atoms with van der Waals surface area (Å²) in [6, 6.07) is 14.9. The standard InChI is InChI=1S/C31H22Cl2FIN2O6/c32-30-13-22-20(10-11-21-24(22)27(40)36(26(21)39)17-7-3-16(35)4-8-17)25(23-12-9-19(14-38)43-23)31(30,33)29(42)37(28(30)41)18-5-1-15(34)2-6-18/h1-10,12,21-22,24-25,38H,11,13-14H2. The fourth-order valence-corrected chi connectivity index (χ4v) is 8.47. The Labute approximate surface area is 268 Å². The average Bonchev–Trinajstić information content (AvgIpc) is 3.61. The van der Waals surface area contributed by atoms with Crippen LogP contribution in [0.25, 0.3) is 0 Å². The maximum atomic E-state index is 14.3. The van der Waals surface area contributed by atoms with Gasteiger partial charge in [-0.05, 0) is 102 Å². The Kier molecular flexibility index (Phi) is 6.66. The van der Waals surface area contributed by atoms with E-state index in [9.17, 15) is 28.7 Å². The number of furan rings is 1. The van der Waals surface area contributed by atoms with Crippen LogP contribution < -0.4 is 9.80 Å². The van der Waals surface area contributed by atoms with E-state index in [4.69, 9.17) is 27.6 Å². The van der Waals surface area contributed by atoms with Crippen molar-refractivity contribution >= 4 is 80.8 Å². The number of carbonyl (C=O) groups is 4. The molecule has 6 unspecified atom stereocenters. The van der Waals surface area contributed by atoms with Gasteiger partial charge in [0.25, 0.3) is 11.8 Å². The zero-order chi connectivity index (χ0) is 30.4. The normalized spacial score (nSPS) is 31.7. The maximum Gasteiger partial charge on any atom is 0.258 e. The van der Waals surface area contributed by atoms with Gasteiger partial charge in [-0.3, -0.25) is 24.1 Å². The molecule has 4 amide bonds. The molecule has 2 aliphatic carbocycles. The Bertz CT molecular complexity index is 1740. The summed E-state index contributed by atoms with van der Waals surface area (Å²) in [4.78, 5) is 54.1. The second-order valence-corrected chi connectivity index (χ2v) is 13.7. The number of aliphatic hydroxyl groups is 1. The molecular formula is C31H22Cl2FIN2O6. The van der Waals surface area contributed by atoms with Crippen LogP contribution in [-0.4, -0.2) is 38.5 Å². The molecular weight excluding hydrogens is 713 g/mol. The number of alkyl halides is 2. The van der Waals surface area contributed by atoms with Gasteiger partial charge in [0, 0.05) is 3.57 Å². The van der Waals surface area contributed by atoms with Crippen LogP contribution in [0.4, 0.5) is 15.8 Å². The monoisotopic (exact) mass is 734 g/mol. The third kappa shape index (κ3) is 3.89. The van der Waals surface area contributed by atoms with Crippen LogP contribution in [0.3, 0.4) is 0 Å². The Morgan fingerprint density at radius 2 is 1.53 bits per heavy atom. The van der Waals surface area contributed by atoms with Crippen molar-refractivity contribution in [3.63, 3.8) is 0 Å². The Balaban J connectivity index is 1.38. The second-order valence-electron chi connectivity index (χ2n) is 11.2. The Morgan fingerprint density at radius 1 is 0.884 bits per heavy atom. The average molecular weight is 735 g/mol. The van der Waals surface area contributed by atoms with Crippen LogP contribution in [-0.2, 0) is 25.8 Å². The van der Waals surface area contributed by atoms with Crippen LogP contribution in [0.5, 0.6) is 0 Å². The number of halogens is 4. The zero-order valence-electron chi connectivity index (χ0n) is 22.2. The Morgan fingerprint density at radius 3 is 2.19 bits per heavy atom. The lowest BCUT2D eigenvalue weighted by Crippen LogP contribution is -2.60. The number of rotatable bonds is 4. The molecule has 1 aromatic heterocycles. The lowest BCUT2D eigenvalue weighted by Gasteiger charge is -2.49. The summed E-state index contributed by atoms with van der Waals surface area (Å²) in [6.07, 6.45) is 1.81. The second kappa shape index (κ2) is 9.98. The maximum absolute atomic E-state index is 14.3. The number of hydrogen-bond donors (Lipinski definition) is 1. The van der Waals surface area contributed by atoms with E-state index in [1.807, 2.05) is 0 Å². The fraction of sp³-hybridized carbons (Fsp3) is 0.290. The first-order valence-corrected chi connectivity index (χ1v) is 15.4. The molecule has 2 aromatic carbocycles. The summed E-state index contributed by atoms with van der Waals surface area (Å²) >= 11 is 16.7. The minimum Gasteiger partial charge on any atom is -0.463 e. The molecule has 0 spiro atoms. The van der Waals surface area contributed by atoms with Crippen molar-refractivity contribution in [2.24, 2.45) is 17.8 Å². The van der Waals surface area contributed by atoms with Crippen LogP contribution in [0.1, 0.15) is 30.3 Å². The minimum atomic E-state index is -2.10. The summed E-state index contributed by atoms with van der Waals surface area (Å²) in [7, 11) is 0. The number of benzene rings is 2. The van der Waals surface area contributed by atoms with Gasteiger partial charge in [-0.2, -0.15) is 0 Å². The topological polar surface area (TPSA) is 108 Å². The summed E-state index contributed by atoms with van der Waals surface area (Å²) in [5.74, 6) is -5.97. The highest BCUT2D eigenvalue weighted by atomic mass is 127. The third-order valence-corrected chi connectivity index (χ3v) is 11.2. The minimum absolute atomic E-state index is 0.0897. The molecule has 0 bridgehead atoms. The van der Waals surface area contributed by atoms with Crippen LogP contribution in [0.2, 0.25) is 0 Å². The van der Waals surface area contributed by atoms with E-state index < -0.39 is 63.6 Å². The number of fused-ring (bicyclic) bond motifs is 4. The molecule has 8 nitrogen and oxygen atoms in total. The molecule has 6 atom stereocenters. The predicted octanol–water partition coefficient (Wildman–Crippen LogP) is 5.28. The lowest BCUT2D eigenvalue weighted by molar-refractivity contribution is -0.125. The predicted molar refractivity (Wildman–Crippen MR) is 163 cm³/mol. The van der Waals surface area contributed by atoms with Crippen molar-refractivity contribution in [3.8, 4) is 0 Å². The quantitative estimate of drug-likeness (QED) is 0.169. The molecule has 220 valence electrons. The number of hydrogen-bond acceptors (Lipinski definition) is 6. The molecule has 2 saturated heterocycles. The van der Waals surface area contributed by atoms with Gasteiger partial charge < -0.3 is 9.52 Å². The summed E-state index contributed by atoms with van der Waals surface area (Å²) in [6.45, 7) is -0.423. The number of nitrogens with zero attached hydrogens (tertiary/aromatic N) is 2. The fourth-order valence-electron chi connectivity index (χ4n) is 7.19. The molecule has 12 heteroatoms. The SMILES string of the molecule is O=C1C2CC=C3C(CC4(Cl)C(=O)N(c5ccc(F)cc5)C(=O)C4(Cl)C3c3ccc(CO)o3)C2C(=O)N1c1ccc(I)cc1. The summed E-state index contributed by atoms with van der Waals surface area (Å²) in [5, 5.41) is 9.72. The number of carbonyl (C=O) groups excluding carboxylic acids is 4. The number of amides is 4. The summed E-state index contributed by atoms with van der Waals surface area (Å²) < 4.78 is 20.6. The molecule has 3 fully saturated rings. The smallest absolute Gasteiger partial charge is 0.258 e. The van der Waals surface area contributed by atoms with Crippen molar-refractivity contribution < 1.29 is 33.1 Å². The lowest BCUT2D eigenvalue weighted by atomic mass is 9.57. The first-order valence-electron chi connectivity index (χ1n) is 13.6. The van der Waals surface area contributed by atoms with Crippen molar-refractivity contribution in [1.29, 1.82) is 0 Å². The molecule has 1 N–H and O–H groups in total. The summed E-state index contributed by atoms with van der Waals surface area (Å²) in [5.41, 5.74) is 1.10. The van der Waals surface area contributed by atoms with Gasteiger partial charge in [-0.25, -0.2) is 9.29 Å². The number of imide groups is 2. The van der Waals surface area contributed by atoms with Gasteiger partial charge in [0.1, 0.15) is 23.9 Å². The van der Waals surface area contributed by atoms with E-state index in [-0.39, 0.29) is 36.0 Å². The molecule has 7 rings (SSSR count). The highest BCUT2D eigenvalue weighted by Gasteiger charge is 2.77. The number of aliphatic hydroxyl groups excluding tert-OH is 1. The van der Waals surface area contributed by atoms with E-state index >= 15 is 0 Å². The Hall–Kier alpha value is -3.06. The molecule has 2 aliphatic heterocycles. The van der Waals surface area contributed by atoms with Crippen molar-refractivity contribution in [2.45, 2.75) is 35.1 Å². The molecule has 1 saturated carbocycles. The highest BCUT2D eigenvalue weighted by molar-refractivity contribution is 14.1. The van der Waals surface area contributed by atoms with Crippen LogP contribution in [0, 0.1) is 27.1 Å². The van der Waals surface area contributed by atoms with E-state index in [0.29, 0.717) is 11.3 Å². The van der Waals surface area contributed by atoms with E-state index in [2.05, 4.69) is 22.6 Å². The van der Waals surface area contributed by atoms with Gasteiger partial charge in [-0.15, -0.1) is 23.2 Å². The largest absolute Gasteiger partial charge is 0.463 e. The molecule has 3 aromatic rings. The van der Waals surface area contributed by atoms with Crippen LogP contribution >= 0.6 is 45.8 Å². The van der Waals surface area contributed by atoms with E-state index in [1.54, 1.807) is 36.4 Å². The first-order chi connectivity index (χ1) is 20.5. The third-order valence-electron chi connectivity index (χ3n) is 9.10. The van der Waals surface area contributed by atoms with Gasteiger partial charge >= 0.3 is 0 Å². The van der Waals surface area contributed by atoms with Gasteiger partial charge in [0.15, 0.2) is 9.75 Å². The van der Waals surface area contributed by atoms with E-state index in [0.717, 1.165) is 20.6 Å². The molecule has 3 heterocycles. The number of anilines is 2. The van der Waals surface area contributed by atoms with Crippen molar-refractivity contribution in [1.82, 2.24) is 0 Å². The van der Waals surface area contributed by atoms with Crippen LogP contribution in [0.15, 0.2) is 76.7 Å². The zero-order valence-corrected chi connectivity index (χ0v) is 25.8. The highest BCUT2D eigenvalue weighted by Crippen LogP contribution is 2.66. The number of allylic oxidation sites excluding steroid dienone is 2. The first kappa shape index (κ1) is 28.7. The van der Waals surface area contributed by atoms with Crippen molar-refractivity contribution in [2.75, 3.05) is 9.80 Å².